The fourth-order valence-corrected chi connectivity index (χ4v) is 4.60. The summed E-state index contributed by atoms with van der Waals surface area (Å²) in [6, 6.07) is 21.5. The lowest BCUT2D eigenvalue weighted by atomic mass is 10.1. The zero-order valence-corrected chi connectivity index (χ0v) is 32.8. The topological polar surface area (TPSA) is 158 Å². The van der Waals surface area contributed by atoms with Crippen molar-refractivity contribution < 1.29 is 28.6 Å². The molecule has 0 bridgehead atoms. The third kappa shape index (κ3) is 12.7. The van der Waals surface area contributed by atoms with Crippen LogP contribution in [0.15, 0.2) is 101 Å². The minimum Gasteiger partial charge on any atom is -0.478 e. The van der Waals surface area contributed by atoms with Gasteiger partial charge in [0, 0.05) is 29.0 Å². The summed E-state index contributed by atoms with van der Waals surface area (Å²) in [7, 11) is 1.37. The van der Waals surface area contributed by atoms with E-state index in [4.69, 9.17) is 15.4 Å². The summed E-state index contributed by atoms with van der Waals surface area (Å²) in [5.74, 6) is 4.07. The molecule has 0 fully saturated rings. The van der Waals surface area contributed by atoms with E-state index in [0.29, 0.717) is 22.6 Å². The molecular weight excluding hydrogens is 880 g/mol. The summed E-state index contributed by atoms with van der Waals surface area (Å²) in [6.45, 7) is 7.72. The van der Waals surface area contributed by atoms with Gasteiger partial charge in [-0.25, -0.2) is 15.4 Å². The zero-order valence-electron chi connectivity index (χ0n) is 26.5. The molecule has 0 atom stereocenters. The Balaban J connectivity index is 0.000000223. The number of amides is 1. The van der Waals surface area contributed by atoms with Crippen molar-refractivity contribution in [2.45, 2.75) is 27.7 Å². The number of nitrogens with zero attached hydrogens (tertiary/aromatic N) is 2. The molecule has 0 unspecified atom stereocenters. The van der Waals surface area contributed by atoms with Crippen molar-refractivity contribution in [3.63, 3.8) is 0 Å². The van der Waals surface area contributed by atoms with Crippen LogP contribution >= 0.6 is 63.7 Å². The maximum absolute atomic E-state index is 11.0. The van der Waals surface area contributed by atoms with Crippen molar-refractivity contribution in [2.75, 3.05) is 7.11 Å². The molecule has 1 heterocycles. The highest BCUT2D eigenvalue weighted by atomic mass is 79.9. The third-order valence-corrected chi connectivity index (χ3v) is 9.86. The minimum atomic E-state index is -0.888. The number of benzene rings is 4. The predicted molar refractivity (Wildman–Crippen MR) is 199 cm³/mol. The van der Waals surface area contributed by atoms with Crippen LogP contribution in [0.2, 0.25) is 0 Å². The summed E-state index contributed by atoms with van der Waals surface area (Å²) >= 11 is 13.4. The Labute approximate surface area is 312 Å². The number of hydrogen-bond acceptors (Lipinski definition) is 8. The molecular formula is C34H32Br4N4O6. The number of aryl methyl sites for hydroxylation is 4. The number of ether oxygens (including phenoxy) is 1. The van der Waals surface area contributed by atoms with Crippen LogP contribution in [0.3, 0.4) is 0 Å². The van der Waals surface area contributed by atoms with Crippen LogP contribution < -0.4 is 11.3 Å². The molecule has 0 saturated heterocycles. The number of halogens is 4. The van der Waals surface area contributed by atoms with Gasteiger partial charge in [0.2, 0.25) is 12.3 Å². The lowest BCUT2D eigenvalue weighted by molar-refractivity contribution is 0.0599. The van der Waals surface area contributed by atoms with Crippen LogP contribution in [-0.2, 0) is 4.74 Å². The van der Waals surface area contributed by atoms with E-state index in [9.17, 15) is 14.4 Å². The first-order chi connectivity index (χ1) is 22.7. The van der Waals surface area contributed by atoms with Crippen molar-refractivity contribution >= 4 is 81.6 Å². The molecule has 0 aliphatic carbocycles. The number of aromatic carboxylic acids is 1. The molecule has 5 aromatic rings. The molecule has 0 spiro atoms. The van der Waals surface area contributed by atoms with Crippen LogP contribution in [0, 0.1) is 27.7 Å². The van der Waals surface area contributed by atoms with E-state index in [1.807, 2.05) is 58.0 Å². The molecule has 0 aliphatic rings. The van der Waals surface area contributed by atoms with Crippen LogP contribution in [0.25, 0.3) is 11.5 Å². The number of carbonyl (C=O) groups excluding carboxylic acids is 2. The first-order valence-electron chi connectivity index (χ1n) is 13.8. The Morgan fingerprint density at radius 2 is 1.15 bits per heavy atom. The van der Waals surface area contributed by atoms with Crippen LogP contribution in [0.4, 0.5) is 0 Å². The summed E-state index contributed by atoms with van der Waals surface area (Å²) in [5.41, 5.74) is 8.61. The fourth-order valence-electron chi connectivity index (χ4n) is 3.61. The lowest BCUT2D eigenvalue weighted by Crippen LogP contribution is -2.29. The molecule has 14 heteroatoms. The monoisotopic (exact) mass is 908 g/mol. The van der Waals surface area contributed by atoms with Crippen molar-refractivity contribution in [1.29, 1.82) is 0 Å². The maximum atomic E-state index is 11.0. The van der Waals surface area contributed by atoms with Crippen molar-refractivity contribution in [3.05, 3.63) is 136 Å². The predicted octanol–water partition coefficient (Wildman–Crippen LogP) is 9.17. The Bertz CT molecular complexity index is 1800. The highest BCUT2D eigenvalue weighted by molar-refractivity contribution is 9.11. The van der Waals surface area contributed by atoms with Gasteiger partial charge in [0.1, 0.15) is 0 Å². The number of aromatic nitrogens is 2. The van der Waals surface area contributed by atoms with E-state index >= 15 is 0 Å². The van der Waals surface area contributed by atoms with E-state index in [-0.39, 0.29) is 11.9 Å². The first kappa shape index (κ1) is 40.5. The molecule has 10 nitrogen and oxygen atoms in total. The highest BCUT2D eigenvalue weighted by Crippen LogP contribution is 2.23. The molecule has 252 valence electrons. The molecule has 48 heavy (non-hydrogen) atoms. The Hall–Kier alpha value is -3.69. The first-order valence-corrected chi connectivity index (χ1v) is 17.0. The molecule has 4 N–H and O–H groups in total. The maximum Gasteiger partial charge on any atom is 0.337 e. The van der Waals surface area contributed by atoms with Crippen molar-refractivity contribution in [1.82, 2.24) is 15.6 Å². The third-order valence-electron chi connectivity index (χ3n) is 6.30. The van der Waals surface area contributed by atoms with Gasteiger partial charge >= 0.3 is 11.9 Å². The number of carboxylic acids is 1. The number of esters is 1. The summed E-state index contributed by atoms with van der Waals surface area (Å²) in [6.07, 6.45) is 1.33. The Morgan fingerprint density at radius 1 is 0.708 bits per heavy atom. The molecule has 1 amide bonds. The summed E-state index contributed by atoms with van der Waals surface area (Å²) in [5, 5.41) is 16.0. The summed E-state index contributed by atoms with van der Waals surface area (Å²) in [4.78, 5) is 32.5. The number of nitrogen functional groups attached to an aromatic ring is 1. The number of rotatable bonds is 4. The number of hydrazine groups is 1. The average Bonchev–Trinajstić information content (AvgIpc) is 3.61. The normalized spacial score (nSPS) is 9.79. The average molecular weight is 912 g/mol. The van der Waals surface area contributed by atoms with E-state index in [1.54, 1.807) is 42.5 Å². The number of carboxylic acid groups (broad SMARTS) is 1. The van der Waals surface area contributed by atoms with Gasteiger partial charge in [-0.2, -0.15) is 0 Å². The Morgan fingerprint density at radius 3 is 1.56 bits per heavy atom. The second-order valence-corrected chi connectivity index (χ2v) is 13.3. The molecule has 5 rings (SSSR count). The quantitative estimate of drug-likeness (QED) is 0.0692. The van der Waals surface area contributed by atoms with Gasteiger partial charge in [0.05, 0.1) is 18.2 Å². The fraction of sp³-hybridized carbons (Fsp3) is 0.147. The number of methoxy groups -OCH3 is 1. The molecule has 1 aromatic heterocycles. The van der Waals surface area contributed by atoms with Crippen LogP contribution in [-0.4, -0.2) is 40.3 Å². The highest BCUT2D eigenvalue weighted by Gasteiger charge is 2.07. The van der Waals surface area contributed by atoms with E-state index in [2.05, 4.69) is 84.1 Å². The Kier molecular flexibility index (Phi) is 16.8. The van der Waals surface area contributed by atoms with Crippen molar-refractivity contribution in [3.8, 4) is 11.5 Å². The largest absolute Gasteiger partial charge is 0.478 e. The molecule has 0 radical (unpaired) electrons. The molecule has 4 aromatic carbocycles. The van der Waals surface area contributed by atoms with Gasteiger partial charge in [-0.15, -0.1) is 10.2 Å². The van der Waals surface area contributed by atoms with Gasteiger partial charge in [-0.05, 0) is 123 Å². The van der Waals surface area contributed by atoms with Gasteiger partial charge in [0.15, 0.2) is 0 Å². The van der Waals surface area contributed by atoms with E-state index < -0.39 is 5.97 Å². The molecule has 0 aliphatic heterocycles. The van der Waals surface area contributed by atoms with E-state index in [1.165, 1.54) is 13.5 Å². The van der Waals surface area contributed by atoms with Gasteiger partial charge in [-0.1, -0.05) is 63.7 Å². The number of hydrogen-bond donors (Lipinski definition) is 3. The summed E-state index contributed by atoms with van der Waals surface area (Å²) < 4.78 is 13.6. The second kappa shape index (κ2) is 20.0. The SMILES string of the molecule is COC(=O)c1ccc(Br)c(C)c1.Cc1cc(-c2nnco2)ccc1Br.Cc1cc(C(=O)NN)ccc1Br.Cc1cc(C(=O)O)ccc1Br. The zero-order chi connectivity index (χ0) is 36.0. The lowest BCUT2D eigenvalue weighted by Gasteiger charge is -2.01. The second-order valence-electron chi connectivity index (χ2n) is 9.87. The van der Waals surface area contributed by atoms with E-state index in [0.717, 1.165) is 45.7 Å². The standard InChI is InChI=1S/C9H7BrN2O.C9H9BrO2.C8H9BrN2O.C8H7BrO2/c1-6-4-7(2-3-8(6)10)9-12-11-5-13-9;1-6-5-7(9(11)12-2)3-4-8(6)10;1-5-4-6(8(12)11-10)2-3-7(5)9;1-5-4-6(8(10)11)2-3-7(5)9/h2-5H,1H3;3-5H,1-2H3;2-4H,10H2,1H3,(H,11,12);2-4H,1H3,(H,10,11). The van der Waals surface area contributed by atoms with Gasteiger partial charge in [-0.3, -0.25) is 10.2 Å². The smallest absolute Gasteiger partial charge is 0.337 e. The number of nitrogens with one attached hydrogen (secondary N) is 1. The van der Waals surface area contributed by atoms with Crippen LogP contribution in [0.5, 0.6) is 0 Å². The molecule has 0 saturated carbocycles. The number of nitrogens with two attached hydrogens (primary N) is 1. The van der Waals surface area contributed by atoms with Gasteiger partial charge < -0.3 is 14.3 Å². The van der Waals surface area contributed by atoms with Crippen molar-refractivity contribution in [2.24, 2.45) is 5.84 Å². The minimum absolute atomic E-state index is 0.273. The van der Waals surface area contributed by atoms with Crippen LogP contribution in [0.1, 0.15) is 53.3 Å². The van der Waals surface area contributed by atoms with Gasteiger partial charge in [0.25, 0.3) is 5.91 Å². The number of carbonyl (C=O) groups is 3.